The molecular weight excluding hydrogens is 583 g/mol. The number of hydrogen-bond acceptors (Lipinski definition) is 7. The molecule has 0 aliphatic carbocycles. The highest BCUT2D eigenvalue weighted by molar-refractivity contribution is 7.15. The molecule has 0 fully saturated rings. The third kappa shape index (κ3) is 6.06. The number of thiophene rings is 1. The first-order valence-electron chi connectivity index (χ1n) is 12.9. The molecule has 0 bridgehead atoms. The van der Waals surface area contributed by atoms with Crippen molar-refractivity contribution in [3.8, 4) is 5.00 Å². The van der Waals surface area contributed by atoms with E-state index in [0.29, 0.717) is 47.3 Å². The van der Waals surface area contributed by atoms with Crippen molar-refractivity contribution in [1.29, 1.82) is 0 Å². The number of nitrogens with one attached hydrogen (secondary N) is 1. The van der Waals surface area contributed by atoms with Crippen molar-refractivity contribution in [2.24, 2.45) is 10.7 Å². The number of fused-ring (bicyclic) bond motifs is 3. The molecule has 0 saturated carbocycles. The number of anilines is 1. The van der Waals surface area contributed by atoms with E-state index in [2.05, 4.69) is 29.4 Å². The molecule has 0 saturated heterocycles. The smallest absolute Gasteiger partial charge is 0.335 e. The first kappa shape index (κ1) is 30.4. The Morgan fingerprint density at radius 1 is 1.12 bits per heavy atom. The number of rotatable bonds is 8. The number of aliphatic imine (C=N–C) groups is 1. The molecule has 5 rings (SSSR count). The molecule has 0 spiro atoms. The summed E-state index contributed by atoms with van der Waals surface area (Å²) < 4.78 is 2.00. The lowest BCUT2D eigenvalue weighted by Crippen LogP contribution is -2.18. The van der Waals surface area contributed by atoms with Gasteiger partial charge in [-0.25, -0.2) is 4.79 Å². The van der Waals surface area contributed by atoms with Gasteiger partial charge in [-0.05, 0) is 81.6 Å². The Morgan fingerprint density at radius 3 is 2.54 bits per heavy atom. The zero-order valence-electron chi connectivity index (χ0n) is 22.8. The van der Waals surface area contributed by atoms with Crippen LogP contribution in [0.25, 0.3) is 5.00 Å². The van der Waals surface area contributed by atoms with Crippen LogP contribution in [0.15, 0.2) is 47.5 Å². The van der Waals surface area contributed by atoms with Crippen LogP contribution in [-0.4, -0.2) is 44.0 Å². The lowest BCUT2D eigenvalue weighted by molar-refractivity contribution is -0.116. The highest BCUT2D eigenvalue weighted by Crippen LogP contribution is 2.39. The van der Waals surface area contributed by atoms with Crippen molar-refractivity contribution in [3.63, 3.8) is 0 Å². The Balaban J connectivity index is 0.00000387. The average Bonchev–Trinajstić information content (AvgIpc) is 3.40. The summed E-state index contributed by atoms with van der Waals surface area (Å²) in [6, 6.07) is 11.7. The van der Waals surface area contributed by atoms with E-state index in [9.17, 15) is 14.7 Å². The number of aromatic carboxylic acids is 1. The van der Waals surface area contributed by atoms with Crippen molar-refractivity contribution in [3.05, 3.63) is 91.8 Å². The van der Waals surface area contributed by atoms with Crippen molar-refractivity contribution >= 4 is 58.6 Å². The van der Waals surface area contributed by atoms with E-state index < -0.39 is 12.0 Å². The van der Waals surface area contributed by atoms with Gasteiger partial charge in [0.2, 0.25) is 5.91 Å². The number of aryl methyl sites for hydroxylation is 3. The zero-order chi connectivity index (χ0) is 28.6. The predicted molar refractivity (Wildman–Crippen MR) is 165 cm³/mol. The van der Waals surface area contributed by atoms with E-state index in [1.54, 1.807) is 23.5 Å². The summed E-state index contributed by atoms with van der Waals surface area (Å²) in [5.41, 5.74) is 10.7. The van der Waals surface area contributed by atoms with Crippen molar-refractivity contribution < 1.29 is 14.7 Å². The van der Waals surface area contributed by atoms with Crippen LogP contribution in [0.2, 0.25) is 5.02 Å². The molecule has 2 aromatic heterocycles. The quantitative estimate of drug-likeness (QED) is 0.229. The molecular formula is C29H30Cl2N6O3S. The van der Waals surface area contributed by atoms with Crippen LogP contribution in [-0.2, 0) is 11.2 Å². The van der Waals surface area contributed by atoms with E-state index in [4.69, 9.17) is 22.3 Å². The maximum absolute atomic E-state index is 13.4. The number of nitrogens with two attached hydrogens (primary N) is 1. The van der Waals surface area contributed by atoms with E-state index in [0.717, 1.165) is 32.3 Å². The van der Waals surface area contributed by atoms with E-state index >= 15 is 0 Å². The number of halogens is 2. The fourth-order valence-corrected chi connectivity index (χ4v) is 6.24. The van der Waals surface area contributed by atoms with Gasteiger partial charge in [-0.1, -0.05) is 23.7 Å². The molecule has 2 aromatic carbocycles. The predicted octanol–water partition coefficient (Wildman–Crippen LogP) is 5.84. The lowest BCUT2D eigenvalue weighted by atomic mass is 9.99. The van der Waals surface area contributed by atoms with Crippen LogP contribution in [0, 0.1) is 20.8 Å². The average molecular weight is 614 g/mol. The molecule has 4 aromatic rings. The number of carbonyl (C=O) groups excluding carboxylic acids is 1. The Labute approximate surface area is 252 Å². The largest absolute Gasteiger partial charge is 0.478 e. The van der Waals surface area contributed by atoms with Crippen LogP contribution >= 0.6 is 35.3 Å². The molecule has 0 radical (unpaired) electrons. The first-order chi connectivity index (χ1) is 19.2. The molecule has 4 N–H and O–H groups in total. The van der Waals surface area contributed by atoms with Crippen LogP contribution in [0.1, 0.15) is 68.0 Å². The Hall–Kier alpha value is -3.57. The second-order valence-corrected chi connectivity index (χ2v) is 11.4. The Morgan fingerprint density at radius 2 is 1.85 bits per heavy atom. The third-order valence-corrected chi connectivity index (χ3v) is 8.45. The number of carbonyl (C=O) groups is 2. The van der Waals surface area contributed by atoms with Crippen LogP contribution in [0.4, 0.5) is 5.69 Å². The van der Waals surface area contributed by atoms with Crippen LogP contribution in [0.5, 0.6) is 0 Å². The van der Waals surface area contributed by atoms with Gasteiger partial charge in [0.15, 0.2) is 5.82 Å². The van der Waals surface area contributed by atoms with Gasteiger partial charge in [0.05, 0.1) is 17.7 Å². The van der Waals surface area contributed by atoms with Gasteiger partial charge in [0.25, 0.3) is 0 Å². The third-order valence-electron chi connectivity index (χ3n) is 7.01. The summed E-state index contributed by atoms with van der Waals surface area (Å²) in [4.78, 5) is 31.3. The van der Waals surface area contributed by atoms with E-state index in [1.165, 1.54) is 6.07 Å². The SMILES string of the molecule is Cc1sc2c(c1C)C(c1ccc(Cl)cc1)=N[C@@H](CC(=O)Nc1ccc(C(=O)O)c(CCCN)c1)c1nnc(C)n1-2.Cl. The van der Waals surface area contributed by atoms with E-state index in [-0.39, 0.29) is 30.3 Å². The highest BCUT2D eigenvalue weighted by Gasteiger charge is 2.32. The summed E-state index contributed by atoms with van der Waals surface area (Å²) in [6.45, 7) is 6.49. The number of aromatic nitrogens is 3. The second kappa shape index (κ2) is 12.5. The Kier molecular flexibility index (Phi) is 9.28. The van der Waals surface area contributed by atoms with Crippen LogP contribution < -0.4 is 11.1 Å². The Bertz CT molecular complexity index is 1640. The van der Waals surface area contributed by atoms with Gasteiger partial charge < -0.3 is 16.2 Å². The van der Waals surface area contributed by atoms with Gasteiger partial charge in [-0.15, -0.1) is 33.9 Å². The minimum Gasteiger partial charge on any atom is -0.478 e. The normalized spacial score (nSPS) is 13.9. The minimum atomic E-state index is -1.01. The first-order valence-corrected chi connectivity index (χ1v) is 14.1. The molecule has 1 atom stereocenters. The molecule has 1 aliphatic heterocycles. The van der Waals surface area contributed by atoms with Gasteiger partial charge in [0, 0.05) is 26.7 Å². The maximum Gasteiger partial charge on any atom is 0.335 e. The van der Waals surface area contributed by atoms with Crippen molar-refractivity contribution in [2.45, 2.75) is 46.1 Å². The van der Waals surface area contributed by atoms with Crippen molar-refractivity contribution in [2.75, 3.05) is 11.9 Å². The van der Waals surface area contributed by atoms with E-state index in [1.807, 2.05) is 35.8 Å². The molecule has 12 heteroatoms. The summed E-state index contributed by atoms with van der Waals surface area (Å²) in [7, 11) is 0. The lowest BCUT2D eigenvalue weighted by Gasteiger charge is -2.14. The number of carboxylic acid groups (broad SMARTS) is 1. The monoisotopic (exact) mass is 612 g/mol. The molecule has 0 unspecified atom stereocenters. The number of hydrogen-bond donors (Lipinski definition) is 3. The molecule has 9 nitrogen and oxygen atoms in total. The standard InChI is InChI=1S/C29H29ClN6O3S.ClH/c1-15-16(2)40-28-25(15)26(18-6-8-20(30)9-7-18)33-23(27-35-34-17(3)36(27)28)14-24(37)32-21-10-11-22(29(38)39)19(13-21)5-4-12-31;/h6-11,13,23H,4-5,12,14,31H2,1-3H3,(H,32,37)(H,38,39);1H/t23-;/m0./s1. The second-order valence-electron chi connectivity index (χ2n) is 9.73. The van der Waals surface area contributed by atoms with Gasteiger partial charge in [0.1, 0.15) is 16.9 Å². The summed E-state index contributed by atoms with van der Waals surface area (Å²) in [5, 5.41) is 22.8. The number of nitrogens with zero attached hydrogens (tertiary/aromatic N) is 4. The zero-order valence-corrected chi connectivity index (χ0v) is 25.2. The number of carboxylic acids is 1. The number of amides is 1. The molecule has 1 amide bonds. The van der Waals surface area contributed by atoms with Crippen LogP contribution in [0.3, 0.4) is 0 Å². The van der Waals surface area contributed by atoms with Gasteiger partial charge in [-0.2, -0.15) is 0 Å². The van der Waals surface area contributed by atoms with Gasteiger partial charge in [-0.3, -0.25) is 14.4 Å². The topological polar surface area (TPSA) is 135 Å². The number of benzene rings is 2. The minimum absolute atomic E-state index is 0. The fraction of sp³-hybridized carbons (Fsp3) is 0.276. The van der Waals surface area contributed by atoms with Crippen molar-refractivity contribution in [1.82, 2.24) is 14.8 Å². The van der Waals surface area contributed by atoms with Gasteiger partial charge >= 0.3 is 5.97 Å². The fourth-order valence-electron chi connectivity index (χ4n) is 4.90. The molecule has 214 valence electrons. The molecule has 1 aliphatic rings. The summed E-state index contributed by atoms with van der Waals surface area (Å²) in [5.74, 6) is 0.00998. The molecule has 3 heterocycles. The highest BCUT2D eigenvalue weighted by atomic mass is 35.5. The molecule has 41 heavy (non-hydrogen) atoms. The summed E-state index contributed by atoms with van der Waals surface area (Å²) in [6.07, 6.45) is 1.16. The summed E-state index contributed by atoms with van der Waals surface area (Å²) >= 11 is 7.83. The maximum atomic E-state index is 13.4.